The molecule has 0 radical (unpaired) electrons. The van der Waals surface area contributed by atoms with Crippen molar-refractivity contribution in [2.45, 2.75) is 0 Å². The van der Waals surface area contributed by atoms with Gasteiger partial charge in [-0.1, -0.05) is 23.4 Å². The van der Waals surface area contributed by atoms with Crippen molar-refractivity contribution in [1.82, 2.24) is 15.2 Å². The molecule has 9 heteroatoms. The molecule has 1 aromatic carbocycles. The van der Waals surface area contributed by atoms with E-state index in [2.05, 4.69) is 20.1 Å². The molecule has 2 N–H and O–H groups in total. The van der Waals surface area contributed by atoms with Gasteiger partial charge in [-0.05, 0) is 22.4 Å². The number of morpholine rings is 1. The summed E-state index contributed by atoms with van der Waals surface area (Å²) in [6.07, 6.45) is 0. The highest BCUT2D eigenvalue weighted by molar-refractivity contribution is 6.00. The van der Waals surface area contributed by atoms with Crippen molar-refractivity contribution in [1.29, 1.82) is 0 Å². The first kappa shape index (κ1) is 15.0. The average Bonchev–Trinajstić information content (AvgIpc) is 3.03. The average molecular weight is 317 g/mol. The van der Waals surface area contributed by atoms with E-state index >= 15 is 0 Å². The molecule has 0 atom stereocenters. The Balaban J connectivity index is 1.83. The quantitative estimate of drug-likeness (QED) is 0.376. The Morgan fingerprint density at radius 1 is 1.22 bits per heavy atom. The number of ether oxygens (including phenoxy) is 1. The second-order valence-corrected chi connectivity index (χ2v) is 4.76. The fraction of sp³-hybridized carbons (Fsp3) is 0.286. The van der Waals surface area contributed by atoms with Crippen molar-refractivity contribution < 1.29 is 19.0 Å². The molecule has 3 rings (SSSR count). The number of hydrogen-bond acceptors (Lipinski definition) is 8. The molecule has 1 fully saturated rings. The normalized spacial score (nSPS) is 15.5. The zero-order valence-electron chi connectivity index (χ0n) is 12.2. The van der Waals surface area contributed by atoms with Crippen LogP contribution in [0.25, 0.3) is 0 Å². The fourth-order valence-electron chi connectivity index (χ4n) is 2.09. The number of nitrogens with two attached hydrogens (primary N) is 1. The number of amidine groups is 1. The summed E-state index contributed by atoms with van der Waals surface area (Å²) in [5, 5.41) is 11.2. The molecule has 0 aliphatic carbocycles. The van der Waals surface area contributed by atoms with Crippen molar-refractivity contribution in [3.05, 3.63) is 41.6 Å². The largest absolute Gasteiger partial charge is 0.379 e. The molecule has 23 heavy (non-hydrogen) atoms. The lowest BCUT2D eigenvalue weighted by atomic mass is 10.2. The van der Waals surface area contributed by atoms with Gasteiger partial charge in [0.15, 0.2) is 11.5 Å². The third kappa shape index (κ3) is 3.46. The zero-order chi connectivity index (χ0) is 16.1. The Morgan fingerprint density at radius 2 is 1.96 bits per heavy atom. The van der Waals surface area contributed by atoms with Crippen molar-refractivity contribution in [2.24, 2.45) is 5.16 Å². The van der Waals surface area contributed by atoms with Gasteiger partial charge in [0.05, 0.1) is 18.8 Å². The zero-order valence-corrected chi connectivity index (χ0v) is 12.2. The van der Waals surface area contributed by atoms with Crippen LogP contribution in [0.15, 0.2) is 40.1 Å². The molecule has 9 nitrogen and oxygen atoms in total. The Kier molecular flexibility index (Phi) is 4.48. The molecule has 2 aromatic rings. The summed E-state index contributed by atoms with van der Waals surface area (Å²) in [4.78, 5) is 18.9. The first-order chi connectivity index (χ1) is 11.3. The van der Waals surface area contributed by atoms with Crippen molar-refractivity contribution in [3.8, 4) is 0 Å². The molecule has 1 aliphatic rings. The van der Waals surface area contributed by atoms with Gasteiger partial charge in [-0.3, -0.25) is 0 Å². The number of nitrogen functional groups attached to an aromatic ring is 1. The van der Waals surface area contributed by atoms with Crippen LogP contribution in [0.5, 0.6) is 0 Å². The van der Waals surface area contributed by atoms with Gasteiger partial charge in [-0.25, -0.2) is 9.42 Å². The molecular formula is C14H15N5O4. The summed E-state index contributed by atoms with van der Waals surface area (Å²) in [5.41, 5.74) is 6.34. The van der Waals surface area contributed by atoms with E-state index in [1.165, 1.54) is 0 Å². The van der Waals surface area contributed by atoms with Gasteiger partial charge in [-0.15, -0.1) is 0 Å². The number of carbonyl (C=O) groups excluding carboxylic acids is 1. The van der Waals surface area contributed by atoms with Gasteiger partial charge in [0.1, 0.15) is 0 Å². The second kappa shape index (κ2) is 6.88. The van der Waals surface area contributed by atoms with Crippen molar-refractivity contribution in [3.63, 3.8) is 0 Å². The van der Waals surface area contributed by atoms with Crippen LogP contribution in [0.4, 0.5) is 5.82 Å². The van der Waals surface area contributed by atoms with Crippen LogP contribution in [0.2, 0.25) is 0 Å². The molecule has 1 saturated heterocycles. The van der Waals surface area contributed by atoms with Gasteiger partial charge in [0.25, 0.3) is 0 Å². The Hall–Kier alpha value is -2.94. The third-order valence-corrected chi connectivity index (χ3v) is 3.26. The predicted octanol–water partition coefficient (Wildman–Crippen LogP) is 0.503. The molecule has 0 saturated carbocycles. The summed E-state index contributed by atoms with van der Waals surface area (Å²) < 4.78 is 9.90. The predicted molar refractivity (Wildman–Crippen MR) is 79.5 cm³/mol. The maximum atomic E-state index is 12.0. The number of nitrogens with zero attached hydrogens (tertiary/aromatic N) is 4. The molecule has 1 aliphatic heterocycles. The van der Waals surface area contributed by atoms with Crippen LogP contribution in [-0.2, 0) is 9.57 Å². The van der Waals surface area contributed by atoms with Crippen LogP contribution >= 0.6 is 0 Å². The van der Waals surface area contributed by atoms with Crippen LogP contribution < -0.4 is 5.73 Å². The summed E-state index contributed by atoms with van der Waals surface area (Å²) in [5.74, 6) is -0.214. The number of aromatic nitrogens is 2. The lowest BCUT2D eigenvalue weighted by Gasteiger charge is -2.28. The van der Waals surface area contributed by atoms with E-state index in [-0.39, 0.29) is 17.3 Å². The smallest absolute Gasteiger partial charge is 0.365 e. The Bertz CT molecular complexity index is 694. The summed E-state index contributed by atoms with van der Waals surface area (Å²) in [6.45, 7) is 2.18. The van der Waals surface area contributed by atoms with Gasteiger partial charge < -0.3 is 20.2 Å². The van der Waals surface area contributed by atoms with Crippen LogP contribution in [0.3, 0.4) is 0 Å². The highest BCUT2D eigenvalue weighted by atomic mass is 16.7. The Labute approximate surface area is 131 Å². The number of benzene rings is 1. The van der Waals surface area contributed by atoms with E-state index in [1.807, 2.05) is 4.90 Å². The standard InChI is InChI=1S/C14H15N5O4/c15-12-11(16-23-17-12)13(19-6-8-21-9-7-19)18-22-14(20)10-4-2-1-3-5-10/h1-5H,6-9H2,(H2,15,17)/b18-13+. The summed E-state index contributed by atoms with van der Waals surface area (Å²) in [7, 11) is 0. The monoisotopic (exact) mass is 317 g/mol. The minimum atomic E-state index is -0.577. The lowest BCUT2D eigenvalue weighted by Crippen LogP contribution is -2.41. The minimum Gasteiger partial charge on any atom is -0.379 e. The summed E-state index contributed by atoms with van der Waals surface area (Å²) in [6, 6.07) is 8.56. The molecule has 0 amide bonds. The highest BCUT2D eigenvalue weighted by Crippen LogP contribution is 2.13. The minimum absolute atomic E-state index is 0.0750. The van der Waals surface area contributed by atoms with Crippen molar-refractivity contribution in [2.75, 3.05) is 32.0 Å². The molecule has 0 bridgehead atoms. The number of carbonyl (C=O) groups is 1. The van der Waals surface area contributed by atoms with E-state index in [1.54, 1.807) is 30.3 Å². The van der Waals surface area contributed by atoms with E-state index < -0.39 is 5.97 Å². The molecule has 2 heterocycles. The lowest BCUT2D eigenvalue weighted by molar-refractivity contribution is 0.0481. The maximum Gasteiger partial charge on any atom is 0.365 e. The van der Waals surface area contributed by atoms with Crippen LogP contribution in [0, 0.1) is 0 Å². The molecule has 0 unspecified atom stereocenters. The first-order valence-corrected chi connectivity index (χ1v) is 7.01. The van der Waals surface area contributed by atoms with E-state index in [0.717, 1.165) is 0 Å². The van der Waals surface area contributed by atoms with E-state index in [0.29, 0.717) is 31.9 Å². The van der Waals surface area contributed by atoms with Crippen molar-refractivity contribution >= 4 is 17.6 Å². The molecular weight excluding hydrogens is 302 g/mol. The second-order valence-electron chi connectivity index (χ2n) is 4.76. The SMILES string of the molecule is Nc1nonc1/C(=N\OC(=O)c1ccccc1)N1CCOCC1. The van der Waals surface area contributed by atoms with Crippen LogP contribution in [-0.4, -0.2) is 53.3 Å². The molecule has 0 spiro atoms. The molecule has 120 valence electrons. The molecule has 1 aromatic heterocycles. The maximum absolute atomic E-state index is 12.0. The number of rotatable bonds is 3. The van der Waals surface area contributed by atoms with E-state index in [4.69, 9.17) is 15.3 Å². The number of oxime groups is 1. The highest BCUT2D eigenvalue weighted by Gasteiger charge is 2.24. The van der Waals surface area contributed by atoms with Gasteiger partial charge in [0.2, 0.25) is 5.84 Å². The Morgan fingerprint density at radius 3 is 2.61 bits per heavy atom. The third-order valence-electron chi connectivity index (χ3n) is 3.26. The van der Waals surface area contributed by atoms with Gasteiger partial charge in [0, 0.05) is 13.1 Å². The topological polar surface area (TPSA) is 116 Å². The summed E-state index contributed by atoms with van der Waals surface area (Å²) >= 11 is 0. The fourth-order valence-corrected chi connectivity index (χ4v) is 2.09. The number of hydrogen-bond donors (Lipinski definition) is 1. The van der Waals surface area contributed by atoms with E-state index in [9.17, 15) is 4.79 Å². The van der Waals surface area contributed by atoms with Gasteiger partial charge >= 0.3 is 5.97 Å². The van der Waals surface area contributed by atoms with Crippen LogP contribution in [0.1, 0.15) is 16.1 Å². The van der Waals surface area contributed by atoms with Gasteiger partial charge in [-0.2, -0.15) is 0 Å². The number of anilines is 1. The first-order valence-electron chi connectivity index (χ1n) is 7.01.